The van der Waals surface area contributed by atoms with Crippen LogP contribution in [-0.2, 0) is 6.54 Å². The molecule has 3 N–H and O–H groups in total. The van der Waals surface area contributed by atoms with Gasteiger partial charge in [0.2, 0.25) is 0 Å². The second-order valence-electron chi connectivity index (χ2n) is 5.46. The lowest BCUT2D eigenvalue weighted by molar-refractivity contribution is 0.249. The zero-order chi connectivity index (χ0) is 16.2. The van der Waals surface area contributed by atoms with Gasteiger partial charge in [-0.3, -0.25) is 4.90 Å². The van der Waals surface area contributed by atoms with Crippen molar-refractivity contribution in [3.05, 3.63) is 35.4 Å². The van der Waals surface area contributed by atoms with E-state index >= 15 is 0 Å². The quantitative estimate of drug-likeness (QED) is 0.515. The van der Waals surface area contributed by atoms with Crippen molar-refractivity contribution < 1.29 is 4.79 Å². The topological polar surface area (TPSA) is 70.7 Å². The zero-order valence-electron chi connectivity index (χ0n) is 13.7. The molecule has 0 bridgehead atoms. The number of primary amides is 1. The van der Waals surface area contributed by atoms with E-state index in [1.807, 2.05) is 12.1 Å². The van der Waals surface area contributed by atoms with Gasteiger partial charge in [0.15, 0.2) is 0 Å². The van der Waals surface area contributed by atoms with Crippen LogP contribution in [-0.4, -0.2) is 30.2 Å². The number of benzene rings is 1. The average molecular weight is 304 g/mol. The Morgan fingerprint density at radius 1 is 1.18 bits per heavy atom. The summed E-state index contributed by atoms with van der Waals surface area (Å²) in [5.74, 6) is 0. The van der Waals surface area contributed by atoms with E-state index in [0.717, 1.165) is 25.2 Å². The predicted octanol–water partition coefficient (Wildman–Crippen LogP) is 3.09. The molecule has 0 fully saturated rings. The first kappa shape index (κ1) is 18.2. The van der Waals surface area contributed by atoms with Gasteiger partial charge in [-0.15, -0.1) is 0 Å². The molecule has 5 nitrogen and oxygen atoms in total. The van der Waals surface area contributed by atoms with E-state index < -0.39 is 6.03 Å². The first-order chi connectivity index (χ1) is 10.7. The fraction of sp³-hybridized carbons (Fsp3) is 0.529. The van der Waals surface area contributed by atoms with Crippen LogP contribution in [0.3, 0.4) is 0 Å². The molecular formula is C17H28N4O. The van der Waals surface area contributed by atoms with Gasteiger partial charge >= 0.3 is 6.03 Å². The maximum atomic E-state index is 10.5. The third kappa shape index (κ3) is 7.78. The van der Waals surface area contributed by atoms with Crippen molar-refractivity contribution >= 4 is 12.2 Å². The van der Waals surface area contributed by atoms with Gasteiger partial charge < -0.3 is 5.73 Å². The number of carbonyl (C=O) groups excluding carboxylic acids is 1. The molecule has 1 rings (SSSR count). The maximum Gasteiger partial charge on any atom is 0.332 e. The molecule has 0 saturated carbocycles. The third-order valence-corrected chi connectivity index (χ3v) is 3.43. The first-order valence-electron chi connectivity index (χ1n) is 8.05. The summed E-state index contributed by atoms with van der Waals surface area (Å²) in [6, 6.07) is 7.56. The van der Waals surface area contributed by atoms with Gasteiger partial charge in [0.25, 0.3) is 0 Å². The van der Waals surface area contributed by atoms with Crippen molar-refractivity contribution in [2.75, 3.05) is 13.1 Å². The second-order valence-corrected chi connectivity index (χ2v) is 5.46. The maximum absolute atomic E-state index is 10.5. The Hall–Kier alpha value is -1.88. The molecule has 0 spiro atoms. The van der Waals surface area contributed by atoms with E-state index in [1.165, 1.54) is 31.2 Å². The summed E-state index contributed by atoms with van der Waals surface area (Å²) in [4.78, 5) is 13.0. The molecule has 22 heavy (non-hydrogen) atoms. The number of rotatable bonds is 10. The van der Waals surface area contributed by atoms with Crippen LogP contribution in [0.25, 0.3) is 0 Å². The average Bonchev–Trinajstić information content (AvgIpc) is 2.51. The summed E-state index contributed by atoms with van der Waals surface area (Å²) in [7, 11) is 0. The SMILES string of the molecule is CCCCN(CCCC)Cc1ccc(C=NNC(N)=O)cc1. The molecule has 0 aliphatic heterocycles. The minimum atomic E-state index is -0.657. The van der Waals surface area contributed by atoms with E-state index in [1.54, 1.807) is 6.21 Å². The van der Waals surface area contributed by atoms with E-state index in [9.17, 15) is 4.79 Å². The Bertz CT molecular complexity index is 448. The fourth-order valence-electron chi connectivity index (χ4n) is 2.17. The van der Waals surface area contributed by atoms with Crippen LogP contribution in [0, 0.1) is 0 Å². The van der Waals surface area contributed by atoms with Crippen molar-refractivity contribution in [2.24, 2.45) is 10.8 Å². The number of nitrogens with one attached hydrogen (secondary N) is 1. The summed E-state index contributed by atoms with van der Waals surface area (Å²) >= 11 is 0. The molecule has 2 amide bonds. The Morgan fingerprint density at radius 3 is 2.27 bits per heavy atom. The van der Waals surface area contributed by atoms with Crippen molar-refractivity contribution in [1.82, 2.24) is 10.3 Å². The van der Waals surface area contributed by atoms with Gasteiger partial charge in [0.1, 0.15) is 0 Å². The van der Waals surface area contributed by atoms with E-state index in [0.29, 0.717) is 0 Å². The third-order valence-electron chi connectivity index (χ3n) is 3.43. The lowest BCUT2D eigenvalue weighted by Gasteiger charge is -2.22. The molecule has 0 unspecified atom stereocenters. The summed E-state index contributed by atoms with van der Waals surface area (Å²) in [5.41, 5.74) is 9.37. The minimum absolute atomic E-state index is 0.657. The van der Waals surface area contributed by atoms with Gasteiger partial charge in [-0.1, -0.05) is 51.0 Å². The van der Waals surface area contributed by atoms with Crippen LogP contribution in [0.2, 0.25) is 0 Å². The molecule has 5 heteroatoms. The molecule has 0 atom stereocenters. The van der Waals surface area contributed by atoms with Crippen LogP contribution in [0.15, 0.2) is 29.4 Å². The summed E-state index contributed by atoms with van der Waals surface area (Å²) < 4.78 is 0. The van der Waals surface area contributed by atoms with Gasteiger partial charge in [0.05, 0.1) is 6.21 Å². The van der Waals surface area contributed by atoms with Gasteiger partial charge in [0, 0.05) is 6.54 Å². The van der Waals surface area contributed by atoms with Crippen molar-refractivity contribution in [3.63, 3.8) is 0 Å². The minimum Gasteiger partial charge on any atom is -0.350 e. The van der Waals surface area contributed by atoms with Crippen molar-refractivity contribution in [2.45, 2.75) is 46.1 Å². The van der Waals surface area contributed by atoms with Crippen LogP contribution < -0.4 is 11.2 Å². The Kier molecular flexibility index (Phi) is 8.91. The molecule has 0 aliphatic rings. The van der Waals surface area contributed by atoms with Crippen LogP contribution in [0.1, 0.15) is 50.7 Å². The zero-order valence-corrected chi connectivity index (χ0v) is 13.7. The van der Waals surface area contributed by atoms with E-state index in [4.69, 9.17) is 5.73 Å². The number of unbranched alkanes of at least 4 members (excludes halogenated alkanes) is 2. The highest BCUT2D eigenvalue weighted by Crippen LogP contribution is 2.09. The summed E-state index contributed by atoms with van der Waals surface area (Å²) in [6.07, 6.45) is 6.52. The molecule has 1 aromatic rings. The lowest BCUT2D eigenvalue weighted by Crippen LogP contribution is -2.25. The number of amides is 2. The number of hydrogen-bond acceptors (Lipinski definition) is 3. The Morgan fingerprint density at radius 2 is 1.77 bits per heavy atom. The van der Waals surface area contributed by atoms with Gasteiger partial charge in [-0.2, -0.15) is 5.10 Å². The van der Waals surface area contributed by atoms with Gasteiger partial charge in [-0.05, 0) is 37.1 Å². The largest absolute Gasteiger partial charge is 0.350 e. The summed E-state index contributed by atoms with van der Waals surface area (Å²) in [6.45, 7) is 7.75. The molecular weight excluding hydrogens is 276 g/mol. The number of nitrogens with zero attached hydrogens (tertiary/aromatic N) is 2. The fourth-order valence-corrected chi connectivity index (χ4v) is 2.17. The Balaban J connectivity index is 2.55. The molecule has 0 heterocycles. The molecule has 1 aromatic carbocycles. The smallest absolute Gasteiger partial charge is 0.332 e. The monoisotopic (exact) mass is 304 g/mol. The predicted molar refractivity (Wildman–Crippen MR) is 91.8 cm³/mol. The number of hydrazone groups is 1. The molecule has 0 aromatic heterocycles. The molecule has 0 aliphatic carbocycles. The highest BCUT2D eigenvalue weighted by Gasteiger charge is 2.05. The number of hydrogen-bond donors (Lipinski definition) is 2. The van der Waals surface area contributed by atoms with Crippen molar-refractivity contribution in [3.8, 4) is 0 Å². The molecule has 122 valence electrons. The molecule has 0 radical (unpaired) electrons. The number of carbonyl (C=O) groups is 1. The number of nitrogens with two attached hydrogens (primary N) is 1. The first-order valence-corrected chi connectivity index (χ1v) is 8.05. The van der Waals surface area contributed by atoms with Crippen LogP contribution in [0.5, 0.6) is 0 Å². The highest BCUT2D eigenvalue weighted by molar-refractivity contribution is 5.81. The number of urea groups is 1. The van der Waals surface area contributed by atoms with Crippen LogP contribution in [0.4, 0.5) is 4.79 Å². The molecule has 0 saturated heterocycles. The van der Waals surface area contributed by atoms with E-state index in [-0.39, 0.29) is 0 Å². The second kappa shape index (κ2) is 10.8. The standard InChI is InChI=1S/C17H28N4O/c1-3-5-11-21(12-6-4-2)14-16-9-7-15(8-10-16)13-19-20-17(18)22/h7-10,13H,3-6,11-12,14H2,1-2H3,(H3,18,20,22). The highest BCUT2D eigenvalue weighted by atomic mass is 16.2. The summed E-state index contributed by atoms with van der Waals surface area (Å²) in [5, 5.41) is 3.75. The van der Waals surface area contributed by atoms with Gasteiger partial charge in [-0.25, -0.2) is 10.2 Å². The van der Waals surface area contributed by atoms with Crippen molar-refractivity contribution in [1.29, 1.82) is 0 Å². The Labute approximate surface area is 133 Å². The normalized spacial score (nSPS) is 11.2. The van der Waals surface area contributed by atoms with E-state index in [2.05, 4.69) is 41.4 Å². The lowest BCUT2D eigenvalue weighted by atomic mass is 10.1. The van der Waals surface area contributed by atoms with Crippen LogP contribution >= 0.6 is 0 Å².